The van der Waals surface area contributed by atoms with Gasteiger partial charge in [0.25, 0.3) is 10.1 Å². The van der Waals surface area contributed by atoms with Crippen LogP contribution in [0.1, 0.15) is 0 Å². The first-order valence-corrected chi connectivity index (χ1v) is 8.29. The molecule has 0 saturated carbocycles. The number of rotatable bonds is 4. The van der Waals surface area contributed by atoms with Crippen LogP contribution >= 0.6 is 12.2 Å². The molecule has 0 unspecified atom stereocenters. The molecular weight excluding hydrogens is 328 g/mol. The molecule has 2 aromatic rings. The average molecular weight is 342 g/mol. The Hall–Kier alpha value is -1.97. The number of hydrogen-bond donors (Lipinski definition) is 2. The standard InChI is InChI=1S/C13H14N2O5S2/c1-15(13(21)14-6-7-22(17,18)19)10-8-12(16)20-11-5-3-2-4-9(10)11/h2-5,8H,6-7H2,1H3,(H,14,21)(H,17,18,19). The van der Waals surface area contributed by atoms with Gasteiger partial charge in [0.05, 0.1) is 11.4 Å². The highest BCUT2D eigenvalue weighted by Gasteiger charge is 2.13. The molecule has 2 N–H and O–H groups in total. The third kappa shape index (κ3) is 4.03. The van der Waals surface area contributed by atoms with Crippen LogP contribution in [0.4, 0.5) is 5.69 Å². The second-order valence-electron chi connectivity index (χ2n) is 4.52. The minimum atomic E-state index is -4.06. The van der Waals surface area contributed by atoms with Crippen LogP contribution in [0.15, 0.2) is 39.5 Å². The lowest BCUT2D eigenvalue weighted by Gasteiger charge is -2.21. The number of nitrogens with zero attached hydrogens (tertiary/aromatic N) is 1. The Labute approximate surface area is 132 Å². The SMILES string of the molecule is CN(C(=S)NCCS(=O)(=O)O)c1cc(=O)oc2ccccc12. The van der Waals surface area contributed by atoms with Gasteiger partial charge in [-0.3, -0.25) is 4.55 Å². The van der Waals surface area contributed by atoms with Crippen molar-refractivity contribution in [2.75, 3.05) is 24.2 Å². The summed E-state index contributed by atoms with van der Waals surface area (Å²) in [7, 11) is -2.41. The lowest BCUT2D eigenvalue weighted by molar-refractivity contribution is 0.482. The van der Waals surface area contributed by atoms with E-state index in [-0.39, 0.29) is 11.7 Å². The number of thiocarbonyl (C=S) groups is 1. The number of nitrogens with one attached hydrogen (secondary N) is 1. The van der Waals surface area contributed by atoms with Gasteiger partial charge in [0, 0.05) is 25.0 Å². The van der Waals surface area contributed by atoms with E-state index in [1.165, 1.54) is 6.07 Å². The molecule has 0 bridgehead atoms. The second-order valence-corrected chi connectivity index (χ2v) is 6.48. The van der Waals surface area contributed by atoms with Gasteiger partial charge in [-0.25, -0.2) is 4.79 Å². The smallest absolute Gasteiger partial charge is 0.338 e. The highest BCUT2D eigenvalue weighted by Crippen LogP contribution is 2.23. The van der Waals surface area contributed by atoms with Crippen molar-refractivity contribution in [1.82, 2.24) is 5.32 Å². The predicted molar refractivity (Wildman–Crippen MR) is 87.9 cm³/mol. The molecule has 0 aliphatic rings. The van der Waals surface area contributed by atoms with Crippen LogP contribution in [-0.4, -0.2) is 37.4 Å². The van der Waals surface area contributed by atoms with Crippen molar-refractivity contribution in [1.29, 1.82) is 0 Å². The number of anilines is 1. The lowest BCUT2D eigenvalue weighted by Crippen LogP contribution is -2.39. The maximum Gasteiger partial charge on any atom is 0.338 e. The summed E-state index contributed by atoms with van der Waals surface area (Å²) < 4.78 is 35.1. The number of hydrogen-bond acceptors (Lipinski definition) is 5. The molecule has 0 radical (unpaired) electrons. The highest BCUT2D eigenvalue weighted by molar-refractivity contribution is 7.85. The van der Waals surface area contributed by atoms with E-state index in [1.54, 1.807) is 36.2 Å². The van der Waals surface area contributed by atoms with Crippen molar-refractivity contribution >= 4 is 44.1 Å². The van der Waals surface area contributed by atoms with E-state index < -0.39 is 21.5 Å². The molecule has 0 amide bonds. The van der Waals surface area contributed by atoms with Gasteiger partial charge in [-0.05, 0) is 24.4 Å². The molecule has 22 heavy (non-hydrogen) atoms. The third-order valence-electron chi connectivity index (χ3n) is 2.93. The minimum absolute atomic E-state index is 0.0403. The zero-order chi connectivity index (χ0) is 16.3. The van der Waals surface area contributed by atoms with Crippen LogP contribution in [0, 0.1) is 0 Å². The summed E-state index contributed by atoms with van der Waals surface area (Å²) in [4.78, 5) is 13.1. The van der Waals surface area contributed by atoms with E-state index in [9.17, 15) is 13.2 Å². The monoisotopic (exact) mass is 342 g/mol. The van der Waals surface area contributed by atoms with E-state index in [2.05, 4.69) is 5.32 Å². The van der Waals surface area contributed by atoms with Gasteiger partial charge in [-0.15, -0.1) is 0 Å². The molecule has 1 aromatic heterocycles. The molecule has 0 fully saturated rings. The maximum atomic E-state index is 11.6. The summed E-state index contributed by atoms with van der Waals surface area (Å²) in [6.45, 7) is -0.0403. The zero-order valence-electron chi connectivity index (χ0n) is 11.6. The van der Waals surface area contributed by atoms with Crippen LogP contribution in [0.5, 0.6) is 0 Å². The molecule has 118 valence electrons. The normalized spacial score (nSPS) is 11.4. The Morgan fingerprint density at radius 2 is 2.09 bits per heavy atom. The topological polar surface area (TPSA) is 99.9 Å². The molecule has 1 aromatic carbocycles. The highest BCUT2D eigenvalue weighted by atomic mass is 32.2. The minimum Gasteiger partial charge on any atom is -0.423 e. The molecule has 0 saturated heterocycles. The first-order chi connectivity index (χ1) is 10.3. The summed E-state index contributed by atoms with van der Waals surface area (Å²) in [5.74, 6) is -0.460. The van der Waals surface area contributed by atoms with Crippen molar-refractivity contribution in [3.8, 4) is 0 Å². The second kappa shape index (κ2) is 6.42. The van der Waals surface area contributed by atoms with Gasteiger partial charge in [0.2, 0.25) is 0 Å². The van der Waals surface area contributed by atoms with E-state index in [1.807, 2.05) is 0 Å². The fourth-order valence-corrected chi connectivity index (χ4v) is 2.45. The average Bonchev–Trinajstić information content (AvgIpc) is 2.44. The molecular formula is C13H14N2O5S2. The Bertz CT molecular complexity index is 860. The van der Waals surface area contributed by atoms with Crippen LogP contribution in [-0.2, 0) is 10.1 Å². The van der Waals surface area contributed by atoms with E-state index in [0.717, 1.165) is 0 Å². The van der Waals surface area contributed by atoms with Crippen LogP contribution in [0.25, 0.3) is 11.0 Å². The van der Waals surface area contributed by atoms with Crippen molar-refractivity contribution in [3.63, 3.8) is 0 Å². The summed E-state index contributed by atoms with van der Waals surface area (Å²) >= 11 is 5.16. The Morgan fingerprint density at radius 3 is 2.77 bits per heavy atom. The van der Waals surface area contributed by atoms with E-state index >= 15 is 0 Å². The van der Waals surface area contributed by atoms with Crippen molar-refractivity contribution < 1.29 is 17.4 Å². The van der Waals surface area contributed by atoms with E-state index in [0.29, 0.717) is 16.7 Å². The van der Waals surface area contributed by atoms with E-state index in [4.69, 9.17) is 21.2 Å². The van der Waals surface area contributed by atoms with Crippen molar-refractivity contribution in [2.24, 2.45) is 0 Å². The Kier molecular flexibility index (Phi) is 4.79. The number of benzene rings is 1. The molecule has 7 nitrogen and oxygen atoms in total. The van der Waals surface area contributed by atoms with Gasteiger partial charge in [-0.2, -0.15) is 8.42 Å². The fraction of sp³-hybridized carbons (Fsp3) is 0.231. The molecule has 2 rings (SSSR count). The summed E-state index contributed by atoms with van der Waals surface area (Å²) in [6.07, 6.45) is 0. The summed E-state index contributed by atoms with van der Waals surface area (Å²) in [5, 5.41) is 3.63. The number of para-hydroxylation sites is 1. The Balaban J connectivity index is 2.24. The van der Waals surface area contributed by atoms with Gasteiger partial charge < -0.3 is 14.6 Å². The molecule has 9 heteroatoms. The largest absolute Gasteiger partial charge is 0.423 e. The summed E-state index contributed by atoms with van der Waals surface area (Å²) in [5.41, 5.74) is 0.454. The molecule has 0 aliphatic heterocycles. The molecule has 0 atom stereocenters. The summed E-state index contributed by atoms with van der Waals surface area (Å²) in [6, 6.07) is 8.30. The zero-order valence-corrected chi connectivity index (χ0v) is 13.3. The number of fused-ring (bicyclic) bond motifs is 1. The van der Waals surface area contributed by atoms with Gasteiger partial charge in [0.1, 0.15) is 5.58 Å². The van der Waals surface area contributed by atoms with Crippen LogP contribution in [0.3, 0.4) is 0 Å². The lowest BCUT2D eigenvalue weighted by atomic mass is 10.2. The predicted octanol–water partition coefficient (Wildman–Crippen LogP) is 0.991. The fourth-order valence-electron chi connectivity index (χ4n) is 1.89. The van der Waals surface area contributed by atoms with Crippen molar-refractivity contribution in [2.45, 2.75) is 0 Å². The van der Waals surface area contributed by atoms with Gasteiger partial charge >= 0.3 is 5.63 Å². The molecule has 0 spiro atoms. The first-order valence-electron chi connectivity index (χ1n) is 6.27. The molecule has 1 heterocycles. The van der Waals surface area contributed by atoms with Gasteiger partial charge in [0.15, 0.2) is 5.11 Å². The van der Waals surface area contributed by atoms with Crippen LogP contribution < -0.4 is 15.8 Å². The molecule has 0 aliphatic carbocycles. The first kappa shape index (κ1) is 16.4. The quantitative estimate of drug-likeness (QED) is 0.482. The van der Waals surface area contributed by atoms with Crippen molar-refractivity contribution in [3.05, 3.63) is 40.8 Å². The van der Waals surface area contributed by atoms with Crippen LogP contribution in [0.2, 0.25) is 0 Å². The van der Waals surface area contributed by atoms with Gasteiger partial charge in [-0.1, -0.05) is 12.1 Å². The Morgan fingerprint density at radius 1 is 1.41 bits per heavy atom. The maximum absolute atomic E-state index is 11.6. The third-order valence-corrected chi connectivity index (χ3v) is 4.07.